The molecule has 0 aliphatic rings. The summed E-state index contributed by atoms with van der Waals surface area (Å²) in [6, 6.07) is 4.27. The Labute approximate surface area is 90.2 Å². The van der Waals surface area contributed by atoms with Gasteiger partial charge >= 0.3 is 0 Å². The molecule has 0 spiro atoms. The molecule has 3 N–H and O–H groups in total. The van der Waals surface area contributed by atoms with E-state index in [0.29, 0.717) is 10.9 Å². The van der Waals surface area contributed by atoms with Gasteiger partial charge in [-0.2, -0.15) is 0 Å². The van der Waals surface area contributed by atoms with Crippen LogP contribution in [-0.2, 0) is 0 Å². The van der Waals surface area contributed by atoms with Crippen LogP contribution in [0.25, 0.3) is 10.9 Å². The van der Waals surface area contributed by atoms with Crippen molar-refractivity contribution in [3.8, 4) is 0 Å². The molecule has 0 saturated carbocycles. The van der Waals surface area contributed by atoms with Gasteiger partial charge in [-0.05, 0) is 19.1 Å². The fraction of sp³-hybridized carbons (Fsp3) is 0.100. The number of aromatic amines is 1. The molecule has 0 aliphatic carbocycles. The van der Waals surface area contributed by atoms with Crippen LogP contribution in [0.1, 0.15) is 16.1 Å². The standard InChI is InChI=1S/C10H9N3O3/c1-5-4-7-8(13(15)16)3-2-6(10(11)14)9(7)12-5/h2-4,12H,1H3,(H2,11,14). The number of nitrogens with two attached hydrogens (primary N) is 1. The zero-order valence-corrected chi connectivity index (χ0v) is 8.48. The lowest BCUT2D eigenvalue weighted by atomic mass is 10.1. The Morgan fingerprint density at radius 3 is 2.75 bits per heavy atom. The van der Waals surface area contributed by atoms with E-state index in [1.807, 2.05) is 0 Å². The molecule has 1 amide bonds. The Morgan fingerprint density at radius 1 is 1.50 bits per heavy atom. The number of nitro groups is 1. The lowest BCUT2D eigenvalue weighted by Gasteiger charge is -1.99. The molecule has 2 aromatic rings. The zero-order chi connectivity index (χ0) is 11.9. The van der Waals surface area contributed by atoms with Crippen LogP contribution in [0.4, 0.5) is 5.69 Å². The van der Waals surface area contributed by atoms with Crippen molar-refractivity contribution in [2.75, 3.05) is 0 Å². The molecule has 1 aromatic heterocycles. The Balaban J connectivity index is 2.86. The number of hydrogen-bond donors (Lipinski definition) is 2. The lowest BCUT2D eigenvalue weighted by Crippen LogP contribution is -2.11. The van der Waals surface area contributed by atoms with Crippen molar-refractivity contribution in [3.63, 3.8) is 0 Å². The molecule has 0 atom stereocenters. The third-order valence-electron chi connectivity index (χ3n) is 2.37. The van der Waals surface area contributed by atoms with E-state index in [9.17, 15) is 14.9 Å². The Morgan fingerprint density at radius 2 is 2.19 bits per heavy atom. The molecule has 1 heterocycles. The molecular weight excluding hydrogens is 210 g/mol. The summed E-state index contributed by atoms with van der Waals surface area (Å²) in [7, 11) is 0. The highest BCUT2D eigenvalue weighted by atomic mass is 16.6. The molecule has 0 aliphatic heterocycles. The molecule has 6 nitrogen and oxygen atoms in total. The van der Waals surface area contributed by atoms with Crippen molar-refractivity contribution in [1.82, 2.24) is 4.98 Å². The van der Waals surface area contributed by atoms with E-state index >= 15 is 0 Å². The van der Waals surface area contributed by atoms with E-state index in [0.717, 1.165) is 5.69 Å². The Kier molecular flexibility index (Phi) is 2.12. The third-order valence-corrected chi connectivity index (χ3v) is 2.37. The second-order valence-electron chi connectivity index (χ2n) is 3.49. The number of rotatable bonds is 2. The average Bonchev–Trinajstić information content (AvgIpc) is 2.56. The molecule has 1 aromatic carbocycles. The maximum Gasteiger partial charge on any atom is 0.278 e. The van der Waals surface area contributed by atoms with Crippen LogP contribution in [0.15, 0.2) is 18.2 Å². The number of carbonyl (C=O) groups excluding carboxylic acids is 1. The topological polar surface area (TPSA) is 102 Å². The van der Waals surface area contributed by atoms with Gasteiger partial charge in [0.05, 0.1) is 21.4 Å². The molecule has 0 bridgehead atoms. The highest BCUT2D eigenvalue weighted by Gasteiger charge is 2.18. The van der Waals surface area contributed by atoms with Crippen LogP contribution in [0, 0.1) is 17.0 Å². The minimum Gasteiger partial charge on any atom is -0.366 e. The van der Waals surface area contributed by atoms with E-state index < -0.39 is 10.8 Å². The highest BCUT2D eigenvalue weighted by Crippen LogP contribution is 2.28. The van der Waals surface area contributed by atoms with Crippen LogP contribution in [0.3, 0.4) is 0 Å². The quantitative estimate of drug-likeness (QED) is 0.590. The highest BCUT2D eigenvalue weighted by molar-refractivity contribution is 6.07. The van der Waals surface area contributed by atoms with E-state index in [1.165, 1.54) is 12.1 Å². The minimum absolute atomic E-state index is 0.0376. The first kappa shape index (κ1) is 10.2. The summed E-state index contributed by atoms with van der Waals surface area (Å²) in [4.78, 5) is 24.3. The van der Waals surface area contributed by atoms with Gasteiger partial charge in [0.15, 0.2) is 0 Å². The number of amides is 1. The number of carbonyl (C=O) groups is 1. The number of fused-ring (bicyclic) bond motifs is 1. The van der Waals surface area contributed by atoms with E-state index in [-0.39, 0.29) is 11.3 Å². The Hall–Kier alpha value is -2.37. The van der Waals surface area contributed by atoms with Crippen molar-refractivity contribution in [1.29, 1.82) is 0 Å². The summed E-state index contributed by atoms with van der Waals surface area (Å²) in [5, 5.41) is 11.2. The van der Waals surface area contributed by atoms with Crippen molar-refractivity contribution in [3.05, 3.63) is 39.6 Å². The van der Waals surface area contributed by atoms with Crippen LogP contribution in [0.2, 0.25) is 0 Å². The van der Waals surface area contributed by atoms with Gasteiger partial charge in [-0.25, -0.2) is 0 Å². The molecule has 0 fully saturated rings. The van der Waals surface area contributed by atoms with Crippen molar-refractivity contribution >= 4 is 22.5 Å². The van der Waals surface area contributed by atoms with Gasteiger partial charge in [0, 0.05) is 11.8 Å². The van der Waals surface area contributed by atoms with E-state index in [4.69, 9.17) is 5.73 Å². The van der Waals surface area contributed by atoms with Gasteiger partial charge in [-0.1, -0.05) is 0 Å². The van der Waals surface area contributed by atoms with Crippen LogP contribution >= 0.6 is 0 Å². The number of aryl methyl sites for hydroxylation is 1. The molecular formula is C10H9N3O3. The maximum absolute atomic E-state index is 11.1. The summed E-state index contributed by atoms with van der Waals surface area (Å²) in [6.07, 6.45) is 0. The number of hydrogen-bond acceptors (Lipinski definition) is 3. The predicted octanol–water partition coefficient (Wildman–Crippen LogP) is 1.48. The first-order chi connectivity index (χ1) is 7.50. The lowest BCUT2D eigenvalue weighted by molar-refractivity contribution is -0.383. The molecule has 0 radical (unpaired) electrons. The first-order valence-corrected chi connectivity index (χ1v) is 4.57. The summed E-state index contributed by atoms with van der Waals surface area (Å²) in [5.41, 5.74) is 6.57. The maximum atomic E-state index is 11.1. The monoisotopic (exact) mass is 219 g/mol. The summed E-state index contributed by atoms with van der Waals surface area (Å²) >= 11 is 0. The van der Waals surface area contributed by atoms with Crippen molar-refractivity contribution in [2.24, 2.45) is 5.73 Å². The van der Waals surface area contributed by atoms with E-state index in [1.54, 1.807) is 13.0 Å². The third kappa shape index (κ3) is 1.40. The molecule has 16 heavy (non-hydrogen) atoms. The number of H-pyrrole nitrogens is 1. The first-order valence-electron chi connectivity index (χ1n) is 4.57. The van der Waals surface area contributed by atoms with Crippen molar-refractivity contribution < 1.29 is 9.72 Å². The predicted molar refractivity (Wildman–Crippen MR) is 58.2 cm³/mol. The summed E-state index contributed by atoms with van der Waals surface area (Å²) in [5.74, 6) is -0.609. The number of aromatic nitrogens is 1. The number of nitrogens with one attached hydrogen (secondary N) is 1. The van der Waals surface area contributed by atoms with Crippen LogP contribution in [-0.4, -0.2) is 15.8 Å². The Bertz CT molecular complexity index is 550. The van der Waals surface area contributed by atoms with Gasteiger partial charge in [0.25, 0.3) is 11.6 Å². The van der Waals surface area contributed by atoms with Crippen LogP contribution < -0.4 is 5.73 Å². The van der Waals surface area contributed by atoms with Crippen LogP contribution in [0.5, 0.6) is 0 Å². The average molecular weight is 219 g/mol. The van der Waals surface area contributed by atoms with Gasteiger partial charge in [-0.15, -0.1) is 0 Å². The molecule has 82 valence electrons. The van der Waals surface area contributed by atoms with Gasteiger partial charge in [0.1, 0.15) is 0 Å². The molecule has 0 unspecified atom stereocenters. The van der Waals surface area contributed by atoms with Crippen molar-refractivity contribution in [2.45, 2.75) is 6.92 Å². The summed E-state index contributed by atoms with van der Waals surface area (Å²) in [6.45, 7) is 1.76. The normalized spacial score (nSPS) is 10.6. The number of benzene rings is 1. The largest absolute Gasteiger partial charge is 0.366 e. The number of nitrogens with zero attached hydrogens (tertiary/aromatic N) is 1. The minimum atomic E-state index is -0.609. The number of nitro benzene ring substituents is 1. The smallest absolute Gasteiger partial charge is 0.278 e. The zero-order valence-electron chi connectivity index (χ0n) is 8.48. The second kappa shape index (κ2) is 3.34. The molecule has 0 saturated heterocycles. The van der Waals surface area contributed by atoms with Gasteiger partial charge in [-0.3, -0.25) is 14.9 Å². The van der Waals surface area contributed by atoms with Gasteiger partial charge < -0.3 is 10.7 Å². The van der Waals surface area contributed by atoms with E-state index in [2.05, 4.69) is 4.98 Å². The molecule has 2 rings (SSSR count). The summed E-state index contributed by atoms with van der Waals surface area (Å²) < 4.78 is 0. The number of primary amides is 1. The molecule has 6 heteroatoms. The fourth-order valence-corrected chi connectivity index (χ4v) is 1.70. The van der Waals surface area contributed by atoms with Gasteiger partial charge in [0.2, 0.25) is 0 Å². The fourth-order valence-electron chi connectivity index (χ4n) is 1.70. The number of non-ortho nitro benzene ring substituents is 1. The second-order valence-corrected chi connectivity index (χ2v) is 3.49. The SMILES string of the molecule is Cc1cc2c([N+](=O)[O-])ccc(C(N)=O)c2[nH]1.